The highest BCUT2D eigenvalue weighted by Crippen LogP contribution is 2.20. The molecule has 0 aliphatic heterocycles. The van der Waals surface area contributed by atoms with Gasteiger partial charge >= 0.3 is 0 Å². The average Bonchev–Trinajstić information content (AvgIpc) is 2.57. The lowest BCUT2D eigenvalue weighted by Crippen LogP contribution is -2.43. The summed E-state index contributed by atoms with van der Waals surface area (Å²) in [5, 5.41) is 9.39. The summed E-state index contributed by atoms with van der Waals surface area (Å²) >= 11 is 0. The largest absolute Gasteiger partial charge is 0.496 e. The predicted molar refractivity (Wildman–Crippen MR) is 123 cm³/mol. The number of hydrogen-bond donors (Lipinski definition) is 3. The molecule has 1 rings (SSSR count). The topological polar surface area (TPSA) is 74.8 Å². The quantitative estimate of drug-likeness (QED) is 0.227. The number of halogens is 1. The first-order chi connectivity index (χ1) is 12.3. The molecule has 0 saturated heterocycles. The summed E-state index contributed by atoms with van der Waals surface area (Å²) in [5.74, 6) is 1.70. The van der Waals surface area contributed by atoms with Gasteiger partial charge in [0.2, 0.25) is 5.91 Å². The molecule has 0 fully saturated rings. The molecule has 27 heavy (non-hydrogen) atoms. The van der Waals surface area contributed by atoms with Crippen LogP contribution in [0.1, 0.15) is 38.8 Å². The van der Waals surface area contributed by atoms with Gasteiger partial charge in [-0.25, -0.2) is 0 Å². The number of carbonyl (C=O) groups is 1. The summed E-state index contributed by atoms with van der Waals surface area (Å²) in [4.78, 5) is 16.5. The van der Waals surface area contributed by atoms with Crippen molar-refractivity contribution in [2.24, 2.45) is 10.4 Å². The zero-order valence-corrected chi connectivity index (χ0v) is 19.8. The van der Waals surface area contributed by atoms with Gasteiger partial charge in [-0.15, -0.1) is 24.0 Å². The molecule has 1 amide bonds. The Bertz CT molecular complexity index is 612. The van der Waals surface area contributed by atoms with Gasteiger partial charge in [0.05, 0.1) is 7.11 Å². The Morgan fingerprint density at radius 1 is 1.15 bits per heavy atom. The first-order valence-corrected chi connectivity index (χ1v) is 9.22. The second kappa shape index (κ2) is 12.8. The summed E-state index contributed by atoms with van der Waals surface area (Å²) in [6.45, 7) is 12.4. The number of ether oxygens (including phenoxy) is 1. The maximum absolute atomic E-state index is 11.9. The van der Waals surface area contributed by atoms with Crippen LogP contribution in [0.2, 0.25) is 0 Å². The van der Waals surface area contributed by atoms with E-state index < -0.39 is 0 Å². The molecule has 3 N–H and O–H groups in total. The van der Waals surface area contributed by atoms with E-state index in [-0.39, 0.29) is 35.3 Å². The van der Waals surface area contributed by atoms with E-state index in [0.717, 1.165) is 30.2 Å². The Morgan fingerprint density at radius 2 is 1.81 bits per heavy atom. The lowest BCUT2D eigenvalue weighted by Gasteiger charge is -2.18. The van der Waals surface area contributed by atoms with Gasteiger partial charge in [-0.05, 0) is 31.9 Å². The summed E-state index contributed by atoms with van der Waals surface area (Å²) in [6.07, 6.45) is 0.808. The lowest BCUT2D eigenvalue weighted by molar-refractivity contribution is -0.128. The smallest absolute Gasteiger partial charge is 0.225 e. The molecule has 0 aromatic heterocycles. The number of methoxy groups -OCH3 is 1. The number of aryl methyl sites for hydroxylation is 1. The van der Waals surface area contributed by atoms with Crippen molar-refractivity contribution in [1.82, 2.24) is 16.0 Å². The molecule has 0 radical (unpaired) electrons. The number of carbonyl (C=O) groups excluding carboxylic acids is 1. The predicted octanol–water partition coefficient (Wildman–Crippen LogP) is 2.88. The van der Waals surface area contributed by atoms with E-state index in [1.165, 1.54) is 5.56 Å². The van der Waals surface area contributed by atoms with Crippen LogP contribution < -0.4 is 20.7 Å². The van der Waals surface area contributed by atoms with Crippen LogP contribution in [0.3, 0.4) is 0 Å². The van der Waals surface area contributed by atoms with Crippen molar-refractivity contribution in [2.45, 2.75) is 41.0 Å². The molecule has 1 aromatic rings. The number of hydrogen-bond acceptors (Lipinski definition) is 3. The molecule has 0 saturated carbocycles. The van der Waals surface area contributed by atoms with Gasteiger partial charge in [0.15, 0.2) is 5.96 Å². The van der Waals surface area contributed by atoms with E-state index >= 15 is 0 Å². The summed E-state index contributed by atoms with van der Waals surface area (Å²) in [6, 6.07) is 6.18. The third kappa shape index (κ3) is 9.83. The second-order valence-electron chi connectivity index (χ2n) is 7.26. The van der Waals surface area contributed by atoms with Gasteiger partial charge in [0.25, 0.3) is 0 Å². The summed E-state index contributed by atoms with van der Waals surface area (Å²) < 4.78 is 5.41. The third-order valence-corrected chi connectivity index (χ3v) is 3.82. The molecular weight excluding hydrogens is 455 g/mol. The van der Waals surface area contributed by atoms with Crippen molar-refractivity contribution in [1.29, 1.82) is 0 Å². The Morgan fingerprint density at radius 3 is 2.41 bits per heavy atom. The normalized spacial score (nSPS) is 11.4. The standard InChI is InChI=1S/C20H34N4O2.HI/c1-7-21-19(24-13-12-22-18(25)20(3,4)5)23-11-10-16-14-15(2)8-9-17(16)26-6;/h8-9,14H,7,10-13H2,1-6H3,(H,22,25)(H2,21,23,24);1H. The number of benzene rings is 1. The number of amides is 1. The van der Waals surface area contributed by atoms with Crippen molar-refractivity contribution in [2.75, 3.05) is 33.3 Å². The number of guanidine groups is 1. The van der Waals surface area contributed by atoms with Crippen LogP contribution in [0.5, 0.6) is 5.75 Å². The van der Waals surface area contributed by atoms with Crippen LogP contribution in [0.25, 0.3) is 0 Å². The van der Waals surface area contributed by atoms with Crippen molar-refractivity contribution in [3.05, 3.63) is 29.3 Å². The Balaban J connectivity index is 0.00000676. The highest BCUT2D eigenvalue weighted by atomic mass is 127. The first kappa shape index (κ1) is 25.5. The van der Waals surface area contributed by atoms with Crippen LogP contribution >= 0.6 is 24.0 Å². The molecule has 1 aromatic carbocycles. The van der Waals surface area contributed by atoms with E-state index in [9.17, 15) is 4.79 Å². The maximum atomic E-state index is 11.9. The van der Waals surface area contributed by atoms with E-state index in [1.54, 1.807) is 7.11 Å². The van der Waals surface area contributed by atoms with E-state index in [1.807, 2.05) is 39.8 Å². The van der Waals surface area contributed by atoms with Crippen molar-refractivity contribution in [3.8, 4) is 5.75 Å². The minimum atomic E-state index is -0.370. The molecular formula is C20H35IN4O2. The fraction of sp³-hybridized carbons (Fsp3) is 0.600. The van der Waals surface area contributed by atoms with Crippen LogP contribution in [0, 0.1) is 12.3 Å². The summed E-state index contributed by atoms with van der Waals surface area (Å²) in [7, 11) is 1.69. The van der Waals surface area contributed by atoms with Gasteiger partial charge in [0.1, 0.15) is 5.75 Å². The van der Waals surface area contributed by atoms with E-state index in [0.29, 0.717) is 19.6 Å². The molecule has 0 spiro atoms. The van der Waals surface area contributed by atoms with Gasteiger partial charge in [-0.1, -0.05) is 38.5 Å². The second-order valence-corrected chi connectivity index (χ2v) is 7.26. The molecule has 0 heterocycles. The lowest BCUT2D eigenvalue weighted by atomic mass is 9.96. The van der Waals surface area contributed by atoms with Crippen LogP contribution in [0.15, 0.2) is 23.2 Å². The fourth-order valence-electron chi connectivity index (χ4n) is 2.35. The highest BCUT2D eigenvalue weighted by Gasteiger charge is 2.20. The average molecular weight is 490 g/mol. The molecule has 0 aliphatic rings. The van der Waals surface area contributed by atoms with Crippen LogP contribution in [-0.2, 0) is 11.2 Å². The highest BCUT2D eigenvalue weighted by molar-refractivity contribution is 14.0. The molecule has 0 aliphatic carbocycles. The third-order valence-electron chi connectivity index (χ3n) is 3.82. The van der Waals surface area contributed by atoms with Crippen molar-refractivity contribution < 1.29 is 9.53 Å². The molecule has 154 valence electrons. The number of nitrogens with zero attached hydrogens (tertiary/aromatic N) is 1. The van der Waals surface area contributed by atoms with Crippen molar-refractivity contribution >= 4 is 35.8 Å². The monoisotopic (exact) mass is 490 g/mol. The fourth-order valence-corrected chi connectivity index (χ4v) is 2.35. The SMILES string of the molecule is CCNC(=NCCc1cc(C)ccc1OC)NCCNC(=O)C(C)(C)C.I. The molecule has 0 atom stereocenters. The maximum Gasteiger partial charge on any atom is 0.225 e. The molecule has 6 nitrogen and oxygen atoms in total. The van der Waals surface area contributed by atoms with Gasteiger partial charge in [-0.3, -0.25) is 9.79 Å². The number of rotatable bonds is 8. The van der Waals surface area contributed by atoms with Gasteiger partial charge in [0, 0.05) is 31.6 Å². The van der Waals surface area contributed by atoms with Crippen molar-refractivity contribution in [3.63, 3.8) is 0 Å². The summed E-state index contributed by atoms with van der Waals surface area (Å²) in [5.41, 5.74) is 2.00. The molecule has 0 unspecified atom stereocenters. The number of aliphatic imine (C=N–C) groups is 1. The Kier molecular flexibility index (Phi) is 12.1. The van der Waals surface area contributed by atoms with Gasteiger partial charge in [-0.2, -0.15) is 0 Å². The molecule has 0 bridgehead atoms. The zero-order chi connectivity index (χ0) is 19.6. The number of nitrogens with one attached hydrogen (secondary N) is 3. The van der Waals surface area contributed by atoms with E-state index in [4.69, 9.17) is 4.74 Å². The van der Waals surface area contributed by atoms with Crippen LogP contribution in [-0.4, -0.2) is 45.2 Å². The minimum Gasteiger partial charge on any atom is -0.496 e. The Labute approximate surface area is 181 Å². The first-order valence-electron chi connectivity index (χ1n) is 9.22. The zero-order valence-electron chi connectivity index (χ0n) is 17.4. The van der Waals surface area contributed by atoms with E-state index in [2.05, 4.69) is 33.9 Å². The Hall–Kier alpha value is -1.51. The van der Waals surface area contributed by atoms with Crippen LogP contribution in [0.4, 0.5) is 0 Å². The molecule has 7 heteroatoms. The van der Waals surface area contributed by atoms with Gasteiger partial charge < -0.3 is 20.7 Å². The minimum absolute atomic E-state index is 0.